The molecule has 0 fully saturated rings. The number of rotatable bonds is 7. The van der Waals surface area contributed by atoms with E-state index in [0.717, 1.165) is 6.42 Å². The second-order valence-electron chi connectivity index (χ2n) is 5.48. The van der Waals surface area contributed by atoms with Crippen molar-refractivity contribution in [2.75, 3.05) is 6.61 Å². The number of alkyl halides is 2. The van der Waals surface area contributed by atoms with Crippen LogP contribution in [0.1, 0.15) is 39.7 Å². The Morgan fingerprint density at radius 3 is 2.10 bits per heavy atom. The van der Waals surface area contributed by atoms with Gasteiger partial charge in [-0.1, -0.05) is 39.8 Å². The summed E-state index contributed by atoms with van der Waals surface area (Å²) in [6.07, 6.45) is -1.67. The Morgan fingerprint density at radius 2 is 1.70 bits per heavy atom. The SMILES string of the molecule is CCCOc1ccc(C(O)(C(C)C)C(C)C(F)F)cc1. The molecule has 20 heavy (non-hydrogen) atoms. The van der Waals surface area contributed by atoms with Crippen LogP contribution in [0.15, 0.2) is 24.3 Å². The molecule has 2 nitrogen and oxygen atoms in total. The summed E-state index contributed by atoms with van der Waals surface area (Å²) in [5.41, 5.74) is -1.04. The summed E-state index contributed by atoms with van der Waals surface area (Å²) in [4.78, 5) is 0. The molecule has 1 aromatic carbocycles. The molecule has 1 aromatic rings. The molecular weight excluding hydrogens is 262 g/mol. The molecule has 2 unspecified atom stereocenters. The van der Waals surface area contributed by atoms with Crippen molar-refractivity contribution in [1.29, 1.82) is 0 Å². The van der Waals surface area contributed by atoms with Crippen molar-refractivity contribution in [2.24, 2.45) is 11.8 Å². The van der Waals surface area contributed by atoms with Gasteiger partial charge in [-0.15, -0.1) is 0 Å². The van der Waals surface area contributed by atoms with Gasteiger partial charge in [0.1, 0.15) is 5.75 Å². The summed E-state index contributed by atoms with van der Waals surface area (Å²) in [5.74, 6) is -0.759. The molecule has 0 bridgehead atoms. The second kappa shape index (κ2) is 7.02. The molecule has 0 aliphatic carbocycles. The van der Waals surface area contributed by atoms with Crippen LogP contribution in [0.2, 0.25) is 0 Å². The largest absolute Gasteiger partial charge is 0.494 e. The minimum atomic E-state index is -2.57. The van der Waals surface area contributed by atoms with Gasteiger partial charge in [0.25, 0.3) is 0 Å². The number of ether oxygens (including phenoxy) is 1. The van der Waals surface area contributed by atoms with Gasteiger partial charge in [-0.25, -0.2) is 8.78 Å². The van der Waals surface area contributed by atoms with Gasteiger partial charge < -0.3 is 9.84 Å². The molecule has 114 valence electrons. The zero-order valence-electron chi connectivity index (χ0n) is 12.6. The monoisotopic (exact) mass is 286 g/mol. The van der Waals surface area contributed by atoms with Gasteiger partial charge in [0.05, 0.1) is 18.1 Å². The number of aliphatic hydroxyl groups is 1. The molecular formula is C16H24F2O2. The van der Waals surface area contributed by atoms with Crippen LogP contribution in [0.4, 0.5) is 8.78 Å². The third-order valence-corrected chi connectivity index (χ3v) is 3.74. The van der Waals surface area contributed by atoms with E-state index in [9.17, 15) is 13.9 Å². The molecule has 1 N–H and O–H groups in total. The lowest BCUT2D eigenvalue weighted by Gasteiger charge is -2.38. The van der Waals surface area contributed by atoms with E-state index in [1.165, 1.54) is 6.92 Å². The van der Waals surface area contributed by atoms with Gasteiger partial charge in [0.2, 0.25) is 6.43 Å². The Bertz CT molecular complexity index is 403. The molecule has 4 heteroatoms. The molecule has 0 saturated carbocycles. The van der Waals surface area contributed by atoms with Crippen LogP contribution in [0.5, 0.6) is 5.75 Å². The Labute approximate surface area is 119 Å². The molecule has 0 amide bonds. The highest BCUT2D eigenvalue weighted by Gasteiger charge is 2.43. The first kappa shape index (κ1) is 16.9. The Morgan fingerprint density at radius 1 is 1.15 bits per heavy atom. The lowest BCUT2D eigenvalue weighted by atomic mass is 9.74. The molecule has 0 aliphatic rings. The molecule has 1 rings (SSSR count). The van der Waals surface area contributed by atoms with Gasteiger partial charge in [-0.3, -0.25) is 0 Å². The lowest BCUT2D eigenvalue weighted by Crippen LogP contribution is -2.42. The molecule has 0 aliphatic heterocycles. The first-order valence-corrected chi connectivity index (χ1v) is 7.07. The van der Waals surface area contributed by atoms with Crippen molar-refractivity contribution >= 4 is 0 Å². The fraction of sp³-hybridized carbons (Fsp3) is 0.625. The van der Waals surface area contributed by atoms with Crippen molar-refractivity contribution in [3.8, 4) is 5.75 Å². The van der Waals surface area contributed by atoms with E-state index in [-0.39, 0.29) is 5.92 Å². The average Bonchev–Trinajstić information content (AvgIpc) is 2.43. The van der Waals surface area contributed by atoms with Gasteiger partial charge >= 0.3 is 0 Å². The van der Waals surface area contributed by atoms with Crippen molar-refractivity contribution < 1.29 is 18.6 Å². The van der Waals surface area contributed by atoms with Crippen molar-refractivity contribution in [3.63, 3.8) is 0 Å². The number of halogens is 2. The summed E-state index contributed by atoms with van der Waals surface area (Å²) in [5, 5.41) is 10.7. The predicted molar refractivity (Wildman–Crippen MR) is 76.1 cm³/mol. The zero-order chi connectivity index (χ0) is 15.3. The zero-order valence-corrected chi connectivity index (χ0v) is 12.6. The summed E-state index contributed by atoms with van der Waals surface area (Å²) in [7, 11) is 0. The maximum Gasteiger partial charge on any atom is 0.244 e. The van der Waals surface area contributed by atoms with E-state index in [1.54, 1.807) is 38.1 Å². The van der Waals surface area contributed by atoms with Crippen LogP contribution in [0.3, 0.4) is 0 Å². The van der Waals surface area contributed by atoms with Crippen LogP contribution >= 0.6 is 0 Å². The lowest BCUT2D eigenvalue weighted by molar-refractivity contribution is -0.112. The van der Waals surface area contributed by atoms with E-state index in [2.05, 4.69) is 0 Å². The molecule has 0 radical (unpaired) electrons. The van der Waals surface area contributed by atoms with E-state index in [1.807, 2.05) is 6.92 Å². The number of hydrogen-bond acceptors (Lipinski definition) is 2. The quantitative estimate of drug-likeness (QED) is 0.813. The van der Waals surface area contributed by atoms with E-state index < -0.39 is 17.9 Å². The summed E-state index contributed by atoms with van der Waals surface area (Å²) >= 11 is 0. The molecule has 0 heterocycles. The minimum absolute atomic E-state index is 0.311. The fourth-order valence-corrected chi connectivity index (χ4v) is 2.35. The van der Waals surface area contributed by atoms with Crippen molar-refractivity contribution in [2.45, 2.75) is 46.1 Å². The van der Waals surface area contributed by atoms with Gasteiger partial charge in [0.15, 0.2) is 0 Å². The Balaban J connectivity index is 3.04. The smallest absolute Gasteiger partial charge is 0.244 e. The Hall–Kier alpha value is -1.16. The Kier molecular flexibility index (Phi) is 5.93. The molecule has 0 spiro atoms. The van der Waals surface area contributed by atoms with Gasteiger partial charge in [0, 0.05) is 0 Å². The topological polar surface area (TPSA) is 29.5 Å². The number of hydrogen-bond donors (Lipinski definition) is 1. The fourth-order valence-electron chi connectivity index (χ4n) is 2.35. The van der Waals surface area contributed by atoms with Crippen molar-refractivity contribution in [3.05, 3.63) is 29.8 Å². The molecule has 0 saturated heterocycles. The highest BCUT2D eigenvalue weighted by Crippen LogP contribution is 2.40. The highest BCUT2D eigenvalue weighted by atomic mass is 19.3. The van der Waals surface area contributed by atoms with Crippen LogP contribution < -0.4 is 4.74 Å². The third kappa shape index (κ3) is 3.48. The molecule has 2 atom stereocenters. The summed E-state index contributed by atoms with van der Waals surface area (Å²) in [6.45, 7) is 7.50. The maximum atomic E-state index is 13.0. The predicted octanol–water partition coefficient (Wildman–Crippen LogP) is 4.22. The first-order chi connectivity index (χ1) is 9.33. The second-order valence-corrected chi connectivity index (χ2v) is 5.48. The van der Waals surface area contributed by atoms with Crippen LogP contribution in [-0.2, 0) is 5.60 Å². The van der Waals surface area contributed by atoms with Crippen molar-refractivity contribution in [1.82, 2.24) is 0 Å². The van der Waals surface area contributed by atoms with Crippen LogP contribution in [-0.4, -0.2) is 18.1 Å². The standard InChI is InChI=1S/C16H24F2O2/c1-5-10-20-14-8-6-13(7-9-14)16(19,11(2)3)12(4)15(17)18/h6-9,11-12,15,19H,5,10H2,1-4H3. The summed E-state index contributed by atoms with van der Waals surface area (Å²) in [6, 6.07) is 6.78. The first-order valence-electron chi connectivity index (χ1n) is 7.07. The number of benzene rings is 1. The minimum Gasteiger partial charge on any atom is -0.494 e. The van der Waals surface area contributed by atoms with Crippen LogP contribution in [0.25, 0.3) is 0 Å². The van der Waals surface area contributed by atoms with Gasteiger partial charge in [-0.05, 0) is 30.0 Å². The third-order valence-electron chi connectivity index (χ3n) is 3.74. The maximum absolute atomic E-state index is 13.0. The van der Waals surface area contributed by atoms with E-state index in [4.69, 9.17) is 4.74 Å². The highest BCUT2D eigenvalue weighted by molar-refractivity contribution is 5.32. The average molecular weight is 286 g/mol. The van der Waals surface area contributed by atoms with Gasteiger partial charge in [-0.2, -0.15) is 0 Å². The molecule has 0 aromatic heterocycles. The van der Waals surface area contributed by atoms with E-state index >= 15 is 0 Å². The summed E-state index contributed by atoms with van der Waals surface area (Å²) < 4.78 is 31.5. The van der Waals surface area contributed by atoms with Crippen LogP contribution in [0, 0.1) is 11.8 Å². The normalized spacial score (nSPS) is 16.2. The van der Waals surface area contributed by atoms with E-state index in [0.29, 0.717) is 17.9 Å².